The molecular formula is C25H48O9. The summed E-state index contributed by atoms with van der Waals surface area (Å²) in [4.78, 5) is 12.3. The number of unbranched alkanes of at least 4 members (excludes halogenated alkanes) is 9. The third kappa shape index (κ3) is 12.8. The van der Waals surface area contributed by atoms with Crippen LogP contribution >= 0.6 is 0 Å². The van der Waals surface area contributed by atoms with Crippen LogP contribution in [0, 0.1) is 0 Å². The van der Waals surface area contributed by atoms with Gasteiger partial charge in [0.1, 0.15) is 30.5 Å². The van der Waals surface area contributed by atoms with E-state index in [1.807, 2.05) is 0 Å². The molecule has 202 valence electrons. The summed E-state index contributed by atoms with van der Waals surface area (Å²) in [7, 11) is 0. The molecule has 34 heavy (non-hydrogen) atoms. The second-order valence-electron chi connectivity index (χ2n) is 9.15. The summed E-state index contributed by atoms with van der Waals surface area (Å²) >= 11 is 0. The van der Waals surface area contributed by atoms with Crippen LogP contribution in [0.25, 0.3) is 0 Å². The maximum absolute atomic E-state index is 12.3. The maximum atomic E-state index is 12.3. The maximum Gasteiger partial charge on any atom is 0.306 e. The van der Waals surface area contributed by atoms with Gasteiger partial charge < -0.3 is 39.4 Å². The van der Waals surface area contributed by atoms with E-state index in [0.717, 1.165) is 44.9 Å². The molecule has 0 bridgehead atoms. The van der Waals surface area contributed by atoms with Crippen molar-refractivity contribution < 1.29 is 44.2 Å². The smallest absolute Gasteiger partial charge is 0.306 e. The van der Waals surface area contributed by atoms with Crippen LogP contribution in [-0.2, 0) is 23.7 Å². The van der Waals surface area contributed by atoms with E-state index in [1.54, 1.807) is 0 Å². The second-order valence-corrected chi connectivity index (χ2v) is 9.15. The third-order valence-corrected chi connectivity index (χ3v) is 6.02. The van der Waals surface area contributed by atoms with Crippen LogP contribution in [0.1, 0.15) is 90.9 Å². The summed E-state index contributed by atoms with van der Waals surface area (Å²) in [5.74, 6) is -0.331. The average molecular weight is 493 g/mol. The highest BCUT2D eigenvalue weighted by molar-refractivity contribution is 5.69. The molecule has 1 aliphatic rings. The van der Waals surface area contributed by atoms with Crippen LogP contribution in [0.4, 0.5) is 0 Å². The lowest BCUT2D eigenvalue weighted by atomic mass is 9.99. The van der Waals surface area contributed by atoms with Crippen molar-refractivity contribution in [2.45, 2.75) is 128 Å². The summed E-state index contributed by atoms with van der Waals surface area (Å²) in [5.41, 5.74) is 0. The zero-order chi connectivity index (χ0) is 25.2. The highest BCUT2D eigenvalue weighted by Crippen LogP contribution is 2.22. The van der Waals surface area contributed by atoms with Crippen molar-refractivity contribution in [3.63, 3.8) is 0 Å². The second kappa shape index (κ2) is 19.4. The van der Waals surface area contributed by atoms with Gasteiger partial charge in [0.15, 0.2) is 6.29 Å². The number of esters is 1. The standard InChI is InChI=1S/C25H48O9/c1-3-5-7-9-11-13-15-31-17-19(33-21(27)14-12-10-8-6-4-2)18-32-25-24(30)23(29)22(28)20(16-26)34-25/h19-20,22-26,28-30H,3-18H2,1-2H3. The topological polar surface area (TPSA) is 135 Å². The predicted molar refractivity (Wildman–Crippen MR) is 127 cm³/mol. The lowest BCUT2D eigenvalue weighted by Crippen LogP contribution is -2.59. The van der Waals surface area contributed by atoms with Crippen molar-refractivity contribution in [3.05, 3.63) is 0 Å². The fourth-order valence-corrected chi connectivity index (χ4v) is 3.84. The lowest BCUT2D eigenvalue weighted by molar-refractivity contribution is -0.305. The molecule has 4 N–H and O–H groups in total. The minimum atomic E-state index is -1.52. The molecule has 1 rings (SSSR count). The molecular weight excluding hydrogens is 444 g/mol. The molecule has 9 heteroatoms. The highest BCUT2D eigenvalue weighted by Gasteiger charge is 2.44. The Hall–Kier alpha value is -0.810. The number of carbonyl (C=O) groups is 1. The Labute approximate surface area is 204 Å². The van der Waals surface area contributed by atoms with Crippen LogP contribution in [0.3, 0.4) is 0 Å². The highest BCUT2D eigenvalue weighted by atomic mass is 16.7. The molecule has 0 aromatic rings. The van der Waals surface area contributed by atoms with E-state index in [0.29, 0.717) is 13.0 Å². The number of rotatable bonds is 20. The van der Waals surface area contributed by atoms with Crippen LogP contribution in [-0.4, -0.2) is 89.6 Å². The largest absolute Gasteiger partial charge is 0.457 e. The van der Waals surface area contributed by atoms with Gasteiger partial charge in [-0.2, -0.15) is 0 Å². The van der Waals surface area contributed by atoms with Gasteiger partial charge >= 0.3 is 5.97 Å². The van der Waals surface area contributed by atoms with E-state index < -0.39 is 43.4 Å². The number of carbonyl (C=O) groups excluding carboxylic acids is 1. The molecule has 9 nitrogen and oxygen atoms in total. The van der Waals surface area contributed by atoms with E-state index in [2.05, 4.69) is 13.8 Å². The molecule has 6 atom stereocenters. The average Bonchev–Trinajstić information content (AvgIpc) is 2.83. The van der Waals surface area contributed by atoms with Crippen LogP contribution in [0.2, 0.25) is 0 Å². The van der Waals surface area contributed by atoms with Crippen molar-refractivity contribution in [2.75, 3.05) is 26.4 Å². The van der Waals surface area contributed by atoms with Gasteiger partial charge in [-0.25, -0.2) is 0 Å². The van der Waals surface area contributed by atoms with Crippen molar-refractivity contribution in [1.82, 2.24) is 0 Å². The molecule has 1 saturated heterocycles. The number of aliphatic hydroxyl groups is 4. The summed E-state index contributed by atoms with van der Waals surface area (Å²) in [6.07, 6.45) is 4.78. The van der Waals surface area contributed by atoms with E-state index in [1.165, 1.54) is 25.7 Å². The quantitative estimate of drug-likeness (QED) is 0.149. The first-order chi connectivity index (χ1) is 16.4. The van der Waals surface area contributed by atoms with Gasteiger partial charge in [-0.3, -0.25) is 4.79 Å². The lowest BCUT2D eigenvalue weighted by Gasteiger charge is -2.39. The SMILES string of the molecule is CCCCCCCCOCC(COC1OC(CO)C(O)C(O)C1O)OC(=O)CCCCCCC. The molecule has 0 aromatic carbocycles. The van der Waals surface area contributed by atoms with Gasteiger partial charge in [-0.15, -0.1) is 0 Å². The van der Waals surface area contributed by atoms with Crippen LogP contribution < -0.4 is 0 Å². The Morgan fingerprint density at radius 1 is 0.824 bits per heavy atom. The summed E-state index contributed by atoms with van der Waals surface area (Å²) in [6, 6.07) is 0. The Morgan fingerprint density at radius 3 is 2.09 bits per heavy atom. The Bertz CT molecular complexity index is 503. The van der Waals surface area contributed by atoms with Gasteiger partial charge in [-0.05, 0) is 12.8 Å². The molecule has 0 saturated carbocycles. The molecule has 0 aromatic heterocycles. The van der Waals surface area contributed by atoms with Gasteiger partial charge in [0.25, 0.3) is 0 Å². The monoisotopic (exact) mass is 492 g/mol. The number of hydrogen-bond donors (Lipinski definition) is 4. The molecule has 6 unspecified atom stereocenters. The summed E-state index contributed by atoms with van der Waals surface area (Å²) in [6.45, 7) is 4.37. The number of aliphatic hydroxyl groups excluding tert-OH is 4. The van der Waals surface area contributed by atoms with Crippen molar-refractivity contribution in [2.24, 2.45) is 0 Å². The minimum absolute atomic E-state index is 0.110. The predicted octanol–water partition coefficient (Wildman–Crippen LogP) is 2.45. The van der Waals surface area contributed by atoms with E-state index in [4.69, 9.17) is 18.9 Å². The Kier molecular flexibility index (Phi) is 17.8. The number of ether oxygens (including phenoxy) is 4. The first-order valence-corrected chi connectivity index (χ1v) is 13.1. The summed E-state index contributed by atoms with van der Waals surface area (Å²) < 4.78 is 22.2. The number of hydrogen-bond acceptors (Lipinski definition) is 9. The molecule has 1 aliphatic heterocycles. The van der Waals surface area contributed by atoms with E-state index in [-0.39, 0.29) is 19.2 Å². The van der Waals surface area contributed by atoms with Crippen molar-refractivity contribution >= 4 is 5.97 Å². The van der Waals surface area contributed by atoms with Gasteiger partial charge in [0, 0.05) is 13.0 Å². The van der Waals surface area contributed by atoms with Gasteiger partial charge in [-0.1, -0.05) is 71.6 Å². The Balaban J connectivity index is 2.49. The zero-order valence-corrected chi connectivity index (χ0v) is 21.1. The van der Waals surface area contributed by atoms with E-state index >= 15 is 0 Å². The fourth-order valence-electron chi connectivity index (χ4n) is 3.84. The van der Waals surface area contributed by atoms with Crippen LogP contribution in [0.5, 0.6) is 0 Å². The minimum Gasteiger partial charge on any atom is -0.457 e. The molecule has 1 heterocycles. The molecule has 0 radical (unpaired) electrons. The molecule has 0 amide bonds. The van der Waals surface area contributed by atoms with Gasteiger partial charge in [0.2, 0.25) is 0 Å². The van der Waals surface area contributed by atoms with E-state index in [9.17, 15) is 25.2 Å². The molecule has 1 fully saturated rings. The van der Waals surface area contributed by atoms with Crippen LogP contribution in [0.15, 0.2) is 0 Å². The zero-order valence-electron chi connectivity index (χ0n) is 21.1. The van der Waals surface area contributed by atoms with Gasteiger partial charge in [0.05, 0.1) is 19.8 Å². The summed E-state index contributed by atoms with van der Waals surface area (Å²) in [5, 5.41) is 39.3. The Morgan fingerprint density at radius 2 is 1.44 bits per heavy atom. The first kappa shape index (κ1) is 31.2. The van der Waals surface area contributed by atoms with Crippen molar-refractivity contribution in [3.8, 4) is 0 Å². The first-order valence-electron chi connectivity index (χ1n) is 13.1. The van der Waals surface area contributed by atoms with Crippen molar-refractivity contribution in [1.29, 1.82) is 0 Å². The molecule has 0 aliphatic carbocycles. The third-order valence-electron chi connectivity index (χ3n) is 6.02. The fraction of sp³-hybridized carbons (Fsp3) is 0.960. The molecule has 0 spiro atoms. The normalized spacial score (nSPS) is 25.9.